The number of thioether (sulfide) groups is 1. The summed E-state index contributed by atoms with van der Waals surface area (Å²) in [6, 6.07) is 8.35. The topological polar surface area (TPSA) is 75.9 Å². The minimum Gasteiger partial charge on any atom is -0.341 e. The van der Waals surface area contributed by atoms with E-state index in [1.807, 2.05) is 36.6 Å². The highest BCUT2D eigenvalue weighted by Gasteiger charge is 2.32. The van der Waals surface area contributed by atoms with Crippen molar-refractivity contribution in [2.45, 2.75) is 62.4 Å². The van der Waals surface area contributed by atoms with Crippen LogP contribution in [-0.4, -0.2) is 38.7 Å². The fourth-order valence-corrected chi connectivity index (χ4v) is 5.80. The van der Waals surface area contributed by atoms with Gasteiger partial charge in [0, 0.05) is 36.0 Å². The van der Waals surface area contributed by atoms with Crippen LogP contribution in [0.15, 0.2) is 34.8 Å². The average Bonchev–Trinajstić information content (AvgIpc) is 3.40. The SMILES string of the molecule is Cc1ccccc1NC(=O)Cc1nc(CSc2nnc(N3CCCCC3)n2C2CC2)cs1. The number of aryl methyl sites for hydroxylation is 1. The van der Waals surface area contributed by atoms with E-state index in [9.17, 15) is 4.79 Å². The third-order valence-electron chi connectivity index (χ3n) is 5.88. The van der Waals surface area contributed by atoms with Crippen LogP contribution in [0, 0.1) is 6.92 Å². The van der Waals surface area contributed by atoms with Crippen molar-refractivity contribution < 1.29 is 4.79 Å². The van der Waals surface area contributed by atoms with E-state index in [1.54, 1.807) is 23.1 Å². The number of piperidine rings is 1. The Morgan fingerprint density at radius 1 is 1.19 bits per heavy atom. The van der Waals surface area contributed by atoms with Gasteiger partial charge in [-0.2, -0.15) is 0 Å². The molecule has 2 aliphatic rings. The van der Waals surface area contributed by atoms with Gasteiger partial charge in [0.1, 0.15) is 5.01 Å². The predicted molar refractivity (Wildman–Crippen MR) is 130 cm³/mol. The zero-order valence-corrected chi connectivity index (χ0v) is 19.9. The molecule has 0 unspecified atom stereocenters. The summed E-state index contributed by atoms with van der Waals surface area (Å²) in [6.07, 6.45) is 6.50. The predicted octanol–water partition coefficient (Wildman–Crippen LogP) is 4.84. The maximum Gasteiger partial charge on any atom is 0.231 e. The highest BCUT2D eigenvalue weighted by Crippen LogP contribution is 2.41. The molecule has 0 atom stereocenters. The molecule has 1 N–H and O–H groups in total. The molecular weight excluding hydrogens is 440 g/mol. The van der Waals surface area contributed by atoms with Gasteiger partial charge in [-0.05, 0) is 50.7 Å². The summed E-state index contributed by atoms with van der Waals surface area (Å²) in [4.78, 5) is 19.5. The fourth-order valence-electron chi connectivity index (χ4n) is 4.01. The Morgan fingerprint density at radius 2 is 2.00 bits per heavy atom. The molecule has 9 heteroatoms. The van der Waals surface area contributed by atoms with Gasteiger partial charge in [-0.1, -0.05) is 30.0 Å². The molecule has 1 aliphatic heterocycles. The number of nitrogens with one attached hydrogen (secondary N) is 1. The van der Waals surface area contributed by atoms with Crippen LogP contribution in [0.5, 0.6) is 0 Å². The lowest BCUT2D eigenvalue weighted by Gasteiger charge is -2.27. The van der Waals surface area contributed by atoms with Crippen molar-refractivity contribution in [1.82, 2.24) is 19.7 Å². The van der Waals surface area contributed by atoms with Gasteiger partial charge < -0.3 is 10.2 Å². The second kappa shape index (κ2) is 9.62. The molecular formula is C23H28N6OS2. The van der Waals surface area contributed by atoms with Crippen molar-refractivity contribution in [3.05, 3.63) is 45.9 Å². The minimum absolute atomic E-state index is 0.0347. The number of thiazole rings is 1. The summed E-state index contributed by atoms with van der Waals surface area (Å²) < 4.78 is 2.35. The lowest BCUT2D eigenvalue weighted by Crippen LogP contribution is -2.31. The summed E-state index contributed by atoms with van der Waals surface area (Å²) >= 11 is 3.24. The number of nitrogens with zero attached hydrogens (tertiary/aromatic N) is 5. The first kappa shape index (κ1) is 21.5. The van der Waals surface area contributed by atoms with Crippen molar-refractivity contribution in [2.75, 3.05) is 23.3 Å². The van der Waals surface area contributed by atoms with Crippen LogP contribution in [0.2, 0.25) is 0 Å². The lowest BCUT2D eigenvalue weighted by molar-refractivity contribution is -0.115. The molecule has 2 aromatic heterocycles. The van der Waals surface area contributed by atoms with Crippen molar-refractivity contribution in [3.63, 3.8) is 0 Å². The Balaban J connectivity index is 1.20. The van der Waals surface area contributed by atoms with Crippen molar-refractivity contribution in [2.24, 2.45) is 0 Å². The van der Waals surface area contributed by atoms with Crippen LogP contribution >= 0.6 is 23.1 Å². The number of anilines is 2. The van der Waals surface area contributed by atoms with Crippen molar-refractivity contribution in [1.29, 1.82) is 0 Å². The average molecular weight is 469 g/mol. The first-order valence-electron chi connectivity index (χ1n) is 11.3. The number of carbonyl (C=O) groups excluding carboxylic acids is 1. The second-order valence-electron chi connectivity index (χ2n) is 8.49. The first-order chi connectivity index (χ1) is 15.7. The number of benzene rings is 1. The van der Waals surface area contributed by atoms with Crippen LogP contribution in [0.1, 0.15) is 54.4 Å². The molecule has 7 nitrogen and oxygen atoms in total. The van der Waals surface area contributed by atoms with Gasteiger partial charge in [-0.15, -0.1) is 21.5 Å². The number of hydrogen-bond donors (Lipinski definition) is 1. The smallest absolute Gasteiger partial charge is 0.231 e. The molecule has 3 aromatic rings. The van der Waals surface area contributed by atoms with E-state index in [4.69, 9.17) is 0 Å². The fraction of sp³-hybridized carbons (Fsp3) is 0.478. The molecule has 1 aliphatic carbocycles. The summed E-state index contributed by atoms with van der Waals surface area (Å²) in [5.74, 6) is 1.75. The van der Waals surface area contributed by atoms with Crippen LogP contribution in [0.4, 0.5) is 11.6 Å². The summed E-state index contributed by atoms with van der Waals surface area (Å²) in [6.45, 7) is 4.15. The van der Waals surface area contributed by atoms with Gasteiger partial charge in [-0.3, -0.25) is 9.36 Å². The maximum atomic E-state index is 12.4. The largest absolute Gasteiger partial charge is 0.341 e. The Hall–Kier alpha value is -2.39. The molecule has 2 fully saturated rings. The standard InChI is InChI=1S/C23H28N6OS2/c1-16-7-3-4-8-19(16)25-20(30)13-21-24-17(14-31-21)15-32-23-27-26-22(29(23)18-9-10-18)28-11-5-2-6-12-28/h3-4,7-8,14,18H,2,5-6,9-13,15H2,1H3,(H,25,30). The highest BCUT2D eigenvalue weighted by atomic mass is 32.2. The van der Waals surface area contributed by atoms with Crippen LogP contribution in [0.25, 0.3) is 0 Å². The molecule has 3 heterocycles. The number of rotatable bonds is 8. The maximum absolute atomic E-state index is 12.4. The molecule has 0 spiro atoms. The Kier molecular flexibility index (Phi) is 6.45. The monoisotopic (exact) mass is 468 g/mol. The number of aromatic nitrogens is 4. The molecule has 32 heavy (non-hydrogen) atoms. The van der Waals surface area contributed by atoms with Gasteiger partial charge in [-0.25, -0.2) is 4.98 Å². The van der Waals surface area contributed by atoms with Gasteiger partial charge in [0.15, 0.2) is 5.16 Å². The summed E-state index contributed by atoms with van der Waals surface area (Å²) in [5.41, 5.74) is 2.90. The molecule has 1 saturated heterocycles. The number of para-hydroxylation sites is 1. The van der Waals surface area contributed by atoms with Crippen molar-refractivity contribution >= 4 is 40.6 Å². The normalized spacial score (nSPS) is 16.3. The van der Waals surface area contributed by atoms with Gasteiger partial charge >= 0.3 is 0 Å². The van der Waals surface area contributed by atoms with E-state index < -0.39 is 0 Å². The van der Waals surface area contributed by atoms with E-state index >= 15 is 0 Å². The number of hydrogen-bond acceptors (Lipinski definition) is 7. The van der Waals surface area contributed by atoms with E-state index in [1.165, 1.54) is 32.1 Å². The van der Waals surface area contributed by atoms with Crippen LogP contribution in [-0.2, 0) is 17.0 Å². The number of carbonyl (C=O) groups is 1. The summed E-state index contributed by atoms with van der Waals surface area (Å²) in [7, 11) is 0. The third kappa shape index (κ3) is 4.99. The van der Waals surface area contributed by atoms with E-state index in [2.05, 4.69) is 30.0 Å². The highest BCUT2D eigenvalue weighted by molar-refractivity contribution is 7.98. The van der Waals surface area contributed by atoms with Crippen LogP contribution in [0.3, 0.4) is 0 Å². The number of amides is 1. The molecule has 0 bridgehead atoms. The minimum atomic E-state index is -0.0347. The third-order valence-corrected chi connectivity index (χ3v) is 7.75. The van der Waals surface area contributed by atoms with Crippen molar-refractivity contribution in [3.8, 4) is 0 Å². The molecule has 1 amide bonds. The molecule has 5 rings (SSSR count). The Bertz CT molecular complexity index is 1080. The van der Waals surface area contributed by atoms with Gasteiger partial charge in [0.25, 0.3) is 0 Å². The zero-order valence-electron chi connectivity index (χ0n) is 18.3. The Labute approximate surface area is 196 Å². The van der Waals surface area contributed by atoms with E-state index in [0.29, 0.717) is 12.5 Å². The molecule has 0 radical (unpaired) electrons. The quantitative estimate of drug-likeness (QED) is 0.477. The first-order valence-corrected chi connectivity index (χ1v) is 13.2. The van der Waals surface area contributed by atoms with Gasteiger partial charge in [0.2, 0.25) is 11.9 Å². The van der Waals surface area contributed by atoms with E-state index in [-0.39, 0.29) is 5.91 Å². The van der Waals surface area contributed by atoms with E-state index in [0.717, 1.165) is 51.9 Å². The molecule has 1 saturated carbocycles. The zero-order chi connectivity index (χ0) is 21.9. The van der Waals surface area contributed by atoms with Gasteiger partial charge in [0.05, 0.1) is 12.1 Å². The molecule has 168 valence electrons. The Morgan fingerprint density at radius 3 is 2.78 bits per heavy atom. The second-order valence-corrected chi connectivity index (χ2v) is 10.4. The summed E-state index contributed by atoms with van der Waals surface area (Å²) in [5, 5.41) is 15.9. The van der Waals surface area contributed by atoms with Crippen LogP contribution < -0.4 is 10.2 Å². The molecule has 1 aromatic carbocycles. The lowest BCUT2D eigenvalue weighted by atomic mass is 10.1.